The van der Waals surface area contributed by atoms with Crippen molar-refractivity contribution in [2.75, 3.05) is 6.26 Å². The maximum Gasteiger partial charge on any atom is 0.208 e. The number of carbonyl (C=O) groups excluding carboxylic acids is 1. The van der Waals surface area contributed by atoms with Crippen LogP contribution in [-0.2, 0) is 14.8 Å². The molecule has 5 aliphatic carbocycles. The van der Waals surface area contributed by atoms with Gasteiger partial charge in [-0.2, -0.15) is 0 Å². The van der Waals surface area contributed by atoms with Gasteiger partial charge in [0, 0.05) is 12.5 Å². The van der Waals surface area contributed by atoms with Gasteiger partial charge in [0.15, 0.2) is 5.78 Å². The van der Waals surface area contributed by atoms with Gasteiger partial charge in [0.25, 0.3) is 0 Å². The molecule has 36 heavy (non-hydrogen) atoms. The molecule has 1 N–H and O–H groups in total. The van der Waals surface area contributed by atoms with Gasteiger partial charge in [0.2, 0.25) is 10.0 Å². The van der Waals surface area contributed by atoms with Crippen LogP contribution in [0.4, 0.5) is 0 Å². The molecule has 5 rings (SSSR count). The molecule has 0 spiro atoms. The number of nitrogens with one attached hydrogen (secondary N) is 1. The number of Topliss-reactive ketones (excluding diaryl/α,β-unsaturated/α-hetero) is 1. The molecule has 0 saturated heterocycles. The number of hydrogen-bond donors (Lipinski definition) is 1. The molecule has 0 aromatic carbocycles. The molecule has 0 amide bonds. The Hall–Kier alpha value is -0.680. The lowest BCUT2D eigenvalue weighted by molar-refractivity contribution is -0.215. The number of carbonyl (C=O) groups is 1. The Morgan fingerprint density at radius 3 is 2.11 bits per heavy atom. The van der Waals surface area contributed by atoms with Crippen LogP contribution in [0.15, 0.2) is 11.1 Å². The third-order valence-electron chi connectivity index (χ3n) is 13.2. The third-order valence-corrected chi connectivity index (χ3v) is 13.9. The number of ketones is 1. The summed E-state index contributed by atoms with van der Waals surface area (Å²) in [4.78, 5) is 13.3. The van der Waals surface area contributed by atoms with E-state index in [0.717, 1.165) is 25.7 Å². The fraction of sp³-hybridized carbons (Fsp3) is 0.903. The zero-order chi connectivity index (χ0) is 26.7. The molecule has 0 aromatic rings. The average molecular weight is 518 g/mol. The van der Waals surface area contributed by atoms with Gasteiger partial charge >= 0.3 is 0 Å². The van der Waals surface area contributed by atoms with Crippen molar-refractivity contribution >= 4 is 15.8 Å². The minimum absolute atomic E-state index is 0.0144. The Morgan fingerprint density at radius 2 is 1.50 bits per heavy atom. The monoisotopic (exact) mass is 517 g/mol. The van der Waals surface area contributed by atoms with Crippen LogP contribution >= 0.6 is 0 Å². The summed E-state index contributed by atoms with van der Waals surface area (Å²) in [7, 11) is -3.23. The smallest absolute Gasteiger partial charge is 0.208 e. The SMILES string of the molecule is CC(C)C1=C2[C@H]3CC[C@@H]4[C@@]5(C)CCC(NS(C)(=O)=O)C(C)(C)[C@@H]5CC[C@@]4(C)[C@]3(C)CC[C@@]2(C)CC1=O. The Morgan fingerprint density at radius 1 is 0.833 bits per heavy atom. The first-order valence-corrected chi connectivity index (χ1v) is 16.5. The standard InChI is InChI=1S/C31H51NO3S/c1-19(2)25-21(33)18-28(5)16-17-30(7)20(26(25)28)10-11-23-29(6)14-13-24(32-36(9,34)35)27(3,4)22(29)12-15-31(23,30)8/h19-20,22-24,32H,10-18H2,1-9H3/t20-,22+,23-,24?,28+,29+,30-,31-/m1/s1. The van der Waals surface area contributed by atoms with Gasteiger partial charge in [0.1, 0.15) is 0 Å². The van der Waals surface area contributed by atoms with E-state index in [4.69, 9.17) is 0 Å². The molecule has 8 atom stereocenters. The normalized spacial score (nSPS) is 48.3. The highest BCUT2D eigenvalue weighted by Crippen LogP contribution is 2.76. The highest BCUT2D eigenvalue weighted by Gasteiger charge is 2.69. The van der Waals surface area contributed by atoms with Crippen molar-refractivity contribution < 1.29 is 13.2 Å². The number of sulfonamides is 1. The number of hydrogen-bond acceptors (Lipinski definition) is 3. The second kappa shape index (κ2) is 7.93. The molecular weight excluding hydrogens is 466 g/mol. The van der Waals surface area contributed by atoms with Crippen LogP contribution in [-0.4, -0.2) is 26.5 Å². The molecule has 4 nitrogen and oxygen atoms in total. The van der Waals surface area contributed by atoms with Gasteiger partial charge in [-0.05, 0) is 108 Å². The third kappa shape index (κ3) is 3.46. The first-order valence-electron chi connectivity index (χ1n) is 14.7. The van der Waals surface area contributed by atoms with Gasteiger partial charge in [0.05, 0.1) is 6.26 Å². The predicted molar refractivity (Wildman–Crippen MR) is 147 cm³/mol. The molecule has 0 heterocycles. The van der Waals surface area contributed by atoms with Gasteiger partial charge in [-0.1, -0.05) is 61.0 Å². The molecular formula is C31H51NO3S. The molecule has 4 fully saturated rings. The van der Waals surface area contributed by atoms with Gasteiger partial charge in [-0.3, -0.25) is 4.79 Å². The van der Waals surface area contributed by atoms with Crippen LogP contribution in [0.5, 0.6) is 0 Å². The van der Waals surface area contributed by atoms with Gasteiger partial charge in [-0.25, -0.2) is 13.1 Å². The molecule has 5 aliphatic rings. The van der Waals surface area contributed by atoms with E-state index < -0.39 is 10.0 Å². The fourth-order valence-corrected chi connectivity index (χ4v) is 12.3. The number of rotatable bonds is 3. The summed E-state index contributed by atoms with van der Waals surface area (Å²) in [5.41, 5.74) is 3.44. The van der Waals surface area contributed by atoms with E-state index in [1.165, 1.54) is 43.9 Å². The topological polar surface area (TPSA) is 63.2 Å². The van der Waals surface area contributed by atoms with E-state index in [0.29, 0.717) is 29.5 Å². The van der Waals surface area contributed by atoms with Crippen LogP contribution in [0, 0.1) is 50.7 Å². The Labute approximate surface area is 220 Å². The minimum atomic E-state index is -3.23. The maximum absolute atomic E-state index is 13.3. The van der Waals surface area contributed by atoms with Crippen molar-refractivity contribution in [2.24, 2.45) is 50.7 Å². The van der Waals surface area contributed by atoms with Crippen molar-refractivity contribution in [1.82, 2.24) is 4.72 Å². The van der Waals surface area contributed by atoms with E-state index in [9.17, 15) is 13.2 Å². The molecule has 0 aromatic heterocycles. The Kier molecular flexibility index (Phi) is 5.93. The summed E-state index contributed by atoms with van der Waals surface area (Å²) >= 11 is 0. The molecule has 0 bridgehead atoms. The fourth-order valence-electron chi connectivity index (χ4n) is 11.4. The molecule has 5 heteroatoms. The van der Waals surface area contributed by atoms with E-state index in [2.05, 4.69) is 60.1 Å². The lowest BCUT2D eigenvalue weighted by atomic mass is 9.33. The largest absolute Gasteiger partial charge is 0.295 e. The van der Waals surface area contributed by atoms with E-state index >= 15 is 0 Å². The quantitative estimate of drug-likeness (QED) is 0.443. The number of fused-ring (bicyclic) bond motifs is 7. The van der Waals surface area contributed by atoms with Crippen LogP contribution < -0.4 is 4.72 Å². The predicted octanol–water partition coefficient (Wildman–Crippen LogP) is 6.90. The van der Waals surface area contributed by atoms with Crippen LogP contribution in [0.3, 0.4) is 0 Å². The molecule has 4 saturated carbocycles. The summed E-state index contributed by atoms with van der Waals surface area (Å²) in [5.74, 6) is 2.43. The zero-order valence-electron chi connectivity index (χ0n) is 24.4. The molecule has 1 unspecified atom stereocenters. The summed E-state index contributed by atoms with van der Waals surface area (Å²) in [6.45, 7) is 19.3. The lowest BCUT2D eigenvalue weighted by Crippen LogP contribution is -2.66. The maximum atomic E-state index is 13.3. The first kappa shape index (κ1) is 26.9. The summed E-state index contributed by atoms with van der Waals surface area (Å²) in [5, 5.41) is 0. The van der Waals surface area contributed by atoms with Crippen LogP contribution in [0.2, 0.25) is 0 Å². The zero-order valence-corrected chi connectivity index (χ0v) is 25.2. The lowest BCUT2D eigenvalue weighted by Gasteiger charge is -2.72. The van der Waals surface area contributed by atoms with E-state index in [-0.39, 0.29) is 33.1 Å². The van der Waals surface area contributed by atoms with Crippen LogP contribution in [0.25, 0.3) is 0 Å². The summed E-state index contributed by atoms with van der Waals surface area (Å²) < 4.78 is 27.4. The van der Waals surface area contributed by atoms with E-state index in [1.54, 1.807) is 5.57 Å². The van der Waals surface area contributed by atoms with Crippen LogP contribution in [0.1, 0.15) is 113 Å². The van der Waals surface area contributed by atoms with Gasteiger partial charge < -0.3 is 0 Å². The highest BCUT2D eigenvalue weighted by atomic mass is 32.2. The second-order valence-electron chi connectivity index (χ2n) is 15.6. The van der Waals surface area contributed by atoms with Crippen molar-refractivity contribution in [2.45, 2.75) is 119 Å². The molecule has 0 radical (unpaired) electrons. The number of allylic oxidation sites excluding steroid dienone is 2. The van der Waals surface area contributed by atoms with Crippen molar-refractivity contribution in [1.29, 1.82) is 0 Å². The van der Waals surface area contributed by atoms with Crippen molar-refractivity contribution in [3.63, 3.8) is 0 Å². The van der Waals surface area contributed by atoms with Crippen molar-refractivity contribution in [3.05, 3.63) is 11.1 Å². The summed E-state index contributed by atoms with van der Waals surface area (Å²) in [6.07, 6.45) is 11.3. The molecule has 0 aliphatic heterocycles. The van der Waals surface area contributed by atoms with E-state index in [1.807, 2.05) is 0 Å². The molecule has 204 valence electrons. The average Bonchev–Trinajstić information content (AvgIpc) is 3.00. The highest BCUT2D eigenvalue weighted by molar-refractivity contribution is 7.88. The minimum Gasteiger partial charge on any atom is -0.295 e. The first-order chi connectivity index (χ1) is 16.4. The second-order valence-corrected chi connectivity index (χ2v) is 17.3. The Bertz CT molecular complexity index is 1100. The van der Waals surface area contributed by atoms with Crippen molar-refractivity contribution in [3.8, 4) is 0 Å². The van der Waals surface area contributed by atoms with Gasteiger partial charge in [-0.15, -0.1) is 0 Å². The summed E-state index contributed by atoms with van der Waals surface area (Å²) in [6, 6.07) is 0.0144. The Balaban J connectivity index is 1.54.